The van der Waals surface area contributed by atoms with Crippen molar-refractivity contribution in [1.82, 2.24) is 5.32 Å². The number of amides is 2. The molecule has 0 aliphatic rings. The molecule has 0 aromatic heterocycles. The minimum absolute atomic E-state index is 0.305. The van der Waals surface area contributed by atoms with Crippen molar-refractivity contribution in [3.63, 3.8) is 0 Å². The molecule has 1 atom stereocenters. The van der Waals surface area contributed by atoms with E-state index in [4.69, 9.17) is 27.9 Å². The van der Waals surface area contributed by atoms with Gasteiger partial charge >= 0.3 is 6.03 Å². The smallest absolute Gasteiger partial charge is 0.319 e. The highest BCUT2D eigenvalue weighted by Crippen LogP contribution is 2.24. The van der Waals surface area contributed by atoms with Crippen molar-refractivity contribution in [2.75, 3.05) is 19.0 Å². The molecule has 0 saturated heterocycles. The van der Waals surface area contributed by atoms with Gasteiger partial charge in [-0.05, 0) is 30.3 Å². The van der Waals surface area contributed by atoms with Crippen LogP contribution in [0.3, 0.4) is 0 Å². The van der Waals surface area contributed by atoms with Gasteiger partial charge in [0.1, 0.15) is 6.10 Å². The second-order valence-corrected chi connectivity index (χ2v) is 5.43. The van der Waals surface area contributed by atoms with E-state index in [2.05, 4.69) is 10.6 Å². The van der Waals surface area contributed by atoms with Gasteiger partial charge in [-0.2, -0.15) is 0 Å². The Hall–Kier alpha value is -1.75. The molecule has 116 valence electrons. The van der Waals surface area contributed by atoms with E-state index in [9.17, 15) is 4.79 Å². The number of carbonyl (C=O) groups excluding carboxylic acids is 1. The highest BCUT2D eigenvalue weighted by Gasteiger charge is 2.14. The van der Waals surface area contributed by atoms with Gasteiger partial charge in [-0.1, -0.05) is 41.4 Å². The summed E-state index contributed by atoms with van der Waals surface area (Å²) in [5.74, 6) is 0. The third-order valence-corrected chi connectivity index (χ3v) is 3.68. The second kappa shape index (κ2) is 8.03. The molecular formula is C16H16Cl2N2O2. The fourth-order valence-corrected chi connectivity index (χ4v) is 2.33. The third kappa shape index (κ3) is 4.63. The van der Waals surface area contributed by atoms with E-state index in [0.29, 0.717) is 22.3 Å². The van der Waals surface area contributed by atoms with Gasteiger partial charge in [-0.3, -0.25) is 0 Å². The predicted molar refractivity (Wildman–Crippen MR) is 89.7 cm³/mol. The van der Waals surface area contributed by atoms with E-state index in [0.717, 1.165) is 5.56 Å². The van der Waals surface area contributed by atoms with E-state index in [1.165, 1.54) is 0 Å². The summed E-state index contributed by atoms with van der Waals surface area (Å²) in [6.45, 7) is 0.305. The second-order valence-electron chi connectivity index (χ2n) is 4.59. The molecule has 0 fully saturated rings. The molecule has 0 heterocycles. The van der Waals surface area contributed by atoms with Crippen LogP contribution in [0.4, 0.5) is 10.5 Å². The van der Waals surface area contributed by atoms with E-state index in [1.54, 1.807) is 37.4 Å². The lowest BCUT2D eigenvalue weighted by atomic mass is 10.1. The molecule has 0 radical (unpaired) electrons. The summed E-state index contributed by atoms with van der Waals surface area (Å²) in [6, 6.07) is 13.9. The molecule has 0 aliphatic heterocycles. The van der Waals surface area contributed by atoms with Crippen LogP contribution >= 0.6 is 23.2 Å². The first-order valence-corrected chi connectivity index (χ1v) is 7.43. The van der Waals surface area contributed by atoms with Crippen LogP contribution in [0.2, 0.25) is 10.0 Å². The number of carbonyl (C=O) groups is 1. The molecule has 0 saturated carbocycles. The van der Waals surface area contributed by atoms with E-state index in [-0.39, 0.29) is 12.1 Å². The monoisotopic (exact) mass is 338 g/mol. The topological polar surface area (TPSA) is 50.4 Å². The number of hydrogen-bond donors (Lipinski definition) is 2. The first-order chi connectivity index (χ1) is 10.6. The number of nitrogens with one attached hydrogen (secondary N) is 2. The van der Waals surface area contributed by atoms with Gasteiger partial charge in [0.05, 0.1) is 0 Å². The summed E-state index contributed by atoms with van der Waals surface area (Å²) in [4.78, 5) is 11.9. The number of benzene rings is 2. The Kier molecular flexibility index (Phi) is 6.07. The lowest BCUT2D eigenvalue weighted by Crippen LogP contribution is -2.33. The summed E-state index contributed by atoms with van der Waals surface area (Å²) < 4.78 is 5.39. The zero-order valence-corrected chi connectivity index (χ0v) is 13.5. The fourth-order valence-electron chi connectivity index (χ4n) is 1.95. The maximum Gasteiger partial charge on any atom is 0.319 e. The van der Waals surface area contributed by atoms with Gasteiger partial charge in [0.2, 0.25) is 0 Å². The average molecular weight is 339 g/mol. The fraction of sp³-hybridized carbons (Fsp3) is 0.188. The van der Waals surface area contributed by atoms with Crippen molar-refractivity contribution in [2.45, 2.75) is 6.10 Å². The van der Waals surface area contributed by atoms with E-state index >= 15 is 0 Å². The Labute approximate surface area is 139 Å². The Balaban J connectivity index is 1.91. The van der Waals surface area contributed by atoms with Gasteiger partial charge in [0.15, 0.2) is 0 Å². The first kappa shape index (κ1) is 16.6. The summed E-state index contributed by atoms with van der Waals surface area (Å²) >= 11 is 11.9. The van der Waals surface area contributed by atoms with Crippen LogP contribution in [0.1, 0.15) is 11.7 Å². The molecule has 2 rings (SSSR count). The molecule has 0 aliphatic carbocycles. The summed E-state index contributed by atoms with van der Waals surface area (Å²) in [5.41, 5.74) is 1.49. The number of hydrogen-bond acceptors (Lipinski definition) is 2. The van der Waals surface area contributed by atoms with Gasteiger partial charge in [-0.15, -0.1) is 0 Å². The van der Waals surface area contributed by atoms with Crippen molar-refractivity contribution in [3.05, 3.63) is 64.1 Å². The van der Waals surface area contributed by atoms with Gasteiger partial charge in [0.25, 0.3) is 0 Å². The number of ether oxygens (including phenoxy) is 1. The molecule has 22 heavy (non-hydrogen) atoms. The zero-order valence-electron chi connectivity index (χ0n) is 12.0. The predicted octanol–water partition coefficient (Wildman–Crippen LogP) is 4.50. The molecule has 4 nitrogen and oxygen atoms in total. The minimum Gasteiger partial charge on any atom is -0.375 e. The Morgan fingerprint density at radius 3 is 2.45 bits per heavy atom. The molecule has 2 N–H and O–H groups in total. The Morgan fingerprint density at radius 2 is 1.82 bits per heavy atom. The number of halogens is 2. The summed E-state index contributed by atoms with van der Waals surface area (Å²) in [7, 11) is 1.58. The first-order valence-electron chi connectivity index (χ1n) is 6.68. The quantitative estimate of drug-likeness (QED) is 0.842. The average Bonchev–Trinajstić information content (AvgIpc) is 2.52. The maximum atomic E-state index is 11.9. The third-order valence-electron chi connectivity index (χ3n) is 3.09. The lowest BCUT2D eigenvalue weighted by molar-refractivity contribution is 0.104. The number of anilines is 1. The number of urea groups is 1. The molecule has 2 amide bonds. The van der Waals surface area contributed by atoms with Crippen molar-refractivity contribution in [1.29, 1.82) is 0 Å². The van der Waals surface area contributed by atoms with Crippen LogP contribution in [0, 0.1) is 0 Å². The highest BCUT2D eigenvalue weighted by atomic mass is 35.5. The Bertz CT molecular complexity index is 632. The summed E-state index contributed by atoms with van der Waals surface area (Å²) in [5, 5.41) is 6.69. The van der Waals surface area contributed by atoms with Gasteiger partial charge < -0.3 is 15.4 Å². The minimum atomic E-state index is -0.323. The van der Waals surface area contributed by atoms with Crippen LogP contribution in [-0.2, 0) is 4.74 Å². The standard InChI is InChI=1S/C16H16Cl2N2O2/c1-22-15(13-4-2-3-5-14(13)18)10-19-16(21)20-12-8-6-11(17)7-9-12/h2-9,15H,10H2,1H3,(H2,19,20,21). The largest absolute Gasteiger partial charge is 0.375 e. The van der Waals surface area contributed by atoms with Crippen LogP contribution in [0.25, 0.3) is 0 Å². The van der Waals surface area contributed by atoms with E-state index < -0.39 is 0 Å². The lowest BCUT2D eigenvalue weighted by Gasteiger charge is -2.18. The number of rotatable bonds is 5. The highest BCUT2D eigenvalue weighted by molar-refractivity contribution is 6.31. The van der Waals surface area contributed by atoms with Crippen LogP contribution in [-0.4, -0.2) is 19.7 Å². The maximum absolute atomic E-state index is 11.9. The molecule has 0 bridgehead atoms. The molecular weight excluding hydrogens is 323 g/mol. The van der Waals surface area contributed by atoms with Crippen molar-refractivity contribution in [2.24, 2.45) is 0 Å². The summed E-state index contributed by atoms with van der Waals surface area (Å²) in [6.07, 6.45) is -0.315. The zero-order chi connectivity index (χ0) is 15.9. The van der Waals surface area contributed by atoms with Crippen molar-refractivity contribution >= 4 is 34.9 Å². The normalized spacial score (nSPS) is 11.8. The van der Waals surface area contributed by atoms with Crippen LogP contribution < -0.4 is 10.6 Å². The molecule has 2 aromatic carbocycles. The molecule has 1 unspecified atom stereocenters. The van der Waals surface area contributed by atoms with Crippen molar-refractivity contribution in [3.8, 4) is 0 Å². The molecule has 6 heteroatoms. The van der Waals surface area contributed by atoms with Gasteiger partial charge in [-0.25, -0.2) is 4.79 Å². The van der Waals surface area contributed by atoms with Crippen LogP contribution in [0.5, 0.6) is 0 Å². The van der Waals surface area contributed by atoms with Crippen molar-refractivity contribution < 1.29 is 9.53 Å². The van der Waals surface area contributed by atoms with Crippen LogP contribution in [0.15, 0.2) is 48.5 Å². The number of methoxy groups -OCH3 is 1. The Morgan fingerprint density at radius 1 is 1.14 bits per heavy atom. The van der Waals surface area contributed by atoms with Gasteiger partial charge in [0, 0.05) is 35.0 Å². The van der Waals surface area contributed by atoms with E-state index in [1.807, 2.05) is 18.2 Å². The molecule has 0 spiro atoms. The SMILES string of the molecule is COC(CNC(=O)Nc1ccc(Cl)cc1)c1ccccc1Cl. The molecule has 2 aromatic rings.